The molecule has 0 aliphatic rings. The van der Waals surface area contributed by atoms with Crippen molar-refractivity contribution in [1.82, 2.24) is 4.57 Å². The van der Waals surface area contributed by atoms with Crippen molar-refractivity contribution in [1.29, 1.82) is 0 Å². The maximum atomic E-state index is 2.47. The van der Waals surface area contributed by atoms with Gasteiger partial charge in [-0.3, -0.25) is 0 Å². The highest BCUT2D eigenvalue weighted by Crippen LogP contribution is 2.47. The number of nitrogens with zero attached hydrogens (tertiary/aromatic N) is 2. The van der Waals surface area contributed by atoms with Gasteiger partial charge in [-0.05, 0) is 125 Å². The zero-order valence-electron chi connectivity index (χ0n) is 39.8. The quantitative estimate of drug-likeness (QED) is 0.151. The van der Waals surface area contributed by atoms with Gasteiger partial charge in [-0.25, -0.2) is 0 Å². The average molecular weight is 855 g/mol. The number of para-hydroxylation sites is 2. The maximum absolute atomic E-state index is 2.47. The molecular formula is C64H58N2. The molecule has 1 heterocycles. The smallest absolute Gasteiger partial charge is 0.0541 e. The zero-order valence-corrected chi connectivity index (χ0v) is 39.8. The first-order valence-electron chi connectivity index (χ1n) is 23.6. The molecule has 1 aromatic heterocycles. The molecule has 2 heteroatoms. The first kappa shape index (κ1) is 41.5. The summed E-state index contributed by atoms with van der Waals surface area (Å²) in [7, 11) is 0. The number of benzene rings is 10. The molecule has 0 aliphatic heterocycles. The predicted octanol–water partition coefficient (Wildman–Crippen LogP) is 18.4. The monoisotopic (exact) mass is 854 g/mol. The summed E-state index contributed by atoms with van der Waals surface area (Å²) in [6, 6.07) is 70.9. The highest BCUT2D eigenvalue weighted by Gasteiger charge is 2.24. The van der Waals surface area contributed by atoms with E-state index in [2.05, 4.69) is 260 Å². The lowest BCUT2D eigenvalue weighted by Crippen LogP contribution is -2.16. The van der Waals surface area contributed by atoms with Crippen LogP contribution in [0.1, 0.15) is 79.0 Å². The van der Waals surface area contributed by atoms with E-state index in [4.69, 9.17) is 0 Å². The molecular weight excluding hydrogens is 797 g/mol. The van der Waals surface area contributed by atoms with Crippen LogP contribution < -0.4 is 4.90 Å². The Labute approximate surface area is 390 Å². The molecule has 0 unspecified atom stereocenters. The van der Waals surface area contributed by atoms with Gasteiger partial charge >= 0.3 is 0 Å². The Hall–Kier alpha value is -7.16. The second kappa shape index (κ2) is 15.2. The fourth-order valence-electron chi connectivity index (χ4n) is 10.2. The van der Waals surface area contributed by atoms with E-state index in [-0.39, 0.29) is 16.2 Å². The highest BCUT2D eigenvalue weighted by atomic mass is 15.1. The van der Waals surface area contributed by atoms with Crippen LogP contribution in [0.25, 0.3) is 82.1 Å². The number of fused-ring (bicyclic) bond motifs is 3. The Kier molecular flexibility index (Phi) is 9.57. The molecule has 0 atom stereocenters. The predicted molar refractivity (Wildman–Crippen MR) is 286 cm³/mol. The van der Waals surface area contributed by atoms with Crippen LogP contribution in [0.3, 0.4) is 0 Å². The molecule has 0 bridgehead atoms. The van der Waals surface area contributed by atoms with Crippen molar-refractivity contribution in [3.8, 4) is 27.9 Å². The van der Waals surface area contributed by atoms with Crippen molar-refractivity contribution < 1.29 is 0 Å². The minimum absolute atomic E-state index is 0.0318. The standard InChI is InChI=1S/C64H58N2/c1-62(2,3)47-29-21-41(22-30-47)45-15-14-16-51(39-45)65(50-31-23-42(24-32-50)46-37-48(63(4,5)6)40-49(38-46)64(7,8)9)58-35-27-43-26-34-55-59(36-28-44-25-33-54(58)60(43)61(44)55)66-56-19-12-10-17-52(56)53-18-11-13-20-57(53)66/h10-40H,1-9H3. The highest BCUT2D eigenvalue weighted by molar-refractivity contribution is 6.27. The summed E-state index contributed by atoms with van der Waals surface area (Å²) in [5, 5.41) is 10.1. The van der Waals surface area contributed by atoms with Gasteiger partial charge in [0.1, 0.15) is 0 Å². The molecule has 11 aromatic rings. The van der Waals surface area contributed by atoms with Gasteiger partial charge in [-0.15, -0.1) is 0 Å². The van der Waals surface area contributed by atoms with Gasteiger partial charge in [0.15, 0.2) is 0 Å². The zero-order chi connectivity index (χ0) is 45.7. The Morgan fingerprint density at radius 3 is 1.45 bits per heavy atom. The largest absolute Gasteiger partial charge is 0.310 e. The minimum atomic E-state index is 0.0318. The SMILES string of the molecule is CC(C)(C)c1ccc(-c2cccc(N(c3ccc(-c4cc(C(C)(C)C)cc(C(C)(C)C)c4)cc3)c3ccc4ccc5c(-n6c7ccccc7c7ccccc76)ccc6ccc3c4c65)c2)cc1. The van der Waals surface area contributed by atoms with Crippen LogP contribution in [0.4, 0.5) is 17.1 Å². The molecule has 0 radical (unpaired) electrons. The van der Waals surface area contributed by atoms with Gasteiger partial charge in [0, 0.05) is 32.9 Å². The van der Waals surface area contributed by atoms with E-state index in [9.17, 15) is 0 Å². The molecule has 0 N–H and O–H groups in total. The van der Waals surface area contributed by atoms with E-state index in [1.165, 1.54) is 98.8 Å². The summed E-state index contributed by atoms with van der Waals surface area (Å²) in [6.45, 7) is 20.7. The van der Waals surface area contributed by atoms with Gasteiger partial charge < -0.3 is 9.47 Å². The Balaban J connectivity index is 1.12. The fourth-order valence-corrected chi connectivity index (χ4v) is 10.2. The normalized spacial score (nSPS) is 12.6. The van der Waals surface area contributed by atoms with Crippen LogP contribution in [0, 0.1) is 0 Å². The molecule has 0 aliphatic carbocycles. The third-order valence-electron chi connectivity index (χ3n) is 14.0. The van der Waals surface area contributed by atoms with Crippen molar-refractivity contribution in [2.24, 2.45) is 0 Å². The first-order chi connectivity index (χ1) is 31.6. The van der Waals surface area contributed by atoms with Gasteiger partial charge in [-0.1, -0.05) is 202 Å². The van der Waals surface area contributed by atoms with Crippen LogP contribution in [-0.4, -0.2) is 4.57 Å². The molecule has 10 aromatic carbocycles. The molecule has 0 amide bonds. The van der Waals surface area contributed by atoms with Crippen molar-refractivity contribution in [3.63, 3.8) is 0 Å². The van der Waals surface area contributed by atoms with Gasteiger partial charge in [0.05, 0.1) is 22.4 Å². The summed E-state index contributed by atoms with van der Waals surface area (Å²) in [6.07, 6.45) is 0. The summed E-state index contributed by atoms with van der Waals surface area (Å²) >= 11 is 0. The number of hydrogen-bond donors (Lipinski definition) is 0. The van der Waals surface area contributed by atoms with Crippen LogP contribution in [0.2, 0.25) is 0 Å². The summed E-state index contributed by atoms with van der Waals surface area (Å²) in [5.41, 5.74) is 16.1. The van der Waals surface area contributed by atoms with Crippen molar-refractivity contribution in [2.75, 3.05) is 4.90 Å². The molecule has 0 saturated heterocycles. The van der Waals surface area contributed by atoms with E-state index in [1.807, 2.05) is 0 Å². The molecule has 0 fully saturated rings. The third kappa shape index (κ3) is 7.02. The lowest BCUT2D eigenvalue weighted by Gasteiger charge is -2.29. The van der Waals surface area contributed by atoms with Gasteiger partial charge in [0.25, 0.3) is 0 Å². The number of rotatable bonds is 6. The lowest BCUT2D eigenvalue weighted by atomic mass is 9.79. The van der Waals surface area contributed by atoms with E-state index in [1.54, 1.807) is 0 Å². The van der Waals surface area contributed by atoms with E-state index in [0.29, 0.717) is 0 Å². The Morgan fingerprint density at radius 1 is 0.333 bits per heavy atom. The van der Waals surface area contributed by atoms with Crippen molar-refractivity contribution in [2.45, 2.75) is 78.6 Å². The van der Waals surface area contributed by atoms with E-state index >= 15 is 0 Å². The third-order valence-corrected chi connectivity index (χ3v) is 14.0. The Morgan fingerprint density at radius 2 is 0.848 bits per heavy atom. The Bertz CT molecular complexity index is 3530. The summed E-state index contributed by atoms with van der Waals surface area (Å²) in [4.78, 5) is 2.47. The van der Waals surface area contributed by atoms with Crippen LogP contribution in [0.5, 0.6) is 0 Å². The van der Waals surface area contributed by atoms with Crippen LogP contribution >= 0.6 is 0 Å². The van der Waals surface area contributed by atoms with Gasteiger partial charge in [-0.2, -0.15) is 0 Å². The molecule has 66 heavy (non-hydrogen) atoms. The summed E-state index contributed by atoms with van der Waals surface area (Å²) < 4.78 is 2.46. The van der Waals surface area contributed by atoms with Gasteiger partial charge in [0.2, 0.25) is 0 Å². The van der Waals surface area contributed by atoms with Crippen molar-refractivity contribution in [3.05, 3.63) is 205 Å². The number of anilines is 3. The number of hydrogen-bond acceptors (Lipinski definition) is 1. The topological polar surface area (TPSA) is 8.17 Å². The summed E-state index contributed by atoms with van der Waals surface area (Å²) in [5.74, 6) is 0. The molecule has 11 rings (SSSR count). The average Bonchev–Trinajstić information content (AvgIpc) is 3.64. The van der Waals surface area contributed by atoms with Crippen LogP contribution in [-0.2, 0) is 16.2 Å². The fraction of sp³-hybridized carbons (Fsp3) is 0.188. The first-order valence-corrected chi connectivity index (χ1v) is 23.6. The second-order valence-corrected chi connectivity index (χ2v) is 21.5. The molecule has 0 saturated carbocycles. The maximum Gasteiger partial charge on any atom is 0.0541 e. The molecule has 324 valence electrons. The number of aromatic nitrogens is 1. The van der Waals surface area contributed by atoms with Crippen molar-refractivity contribution >= 4 is 71.2 Å². The van der Waals surface area contributed by atoms with E-state index < -0.39 is 0 Å². The second-order valence-electron chi connectivity index (χ2n) is 21.5. The van der Waals surface area contributed by atoms with Crippen LogP contribution in [0.15, 0.2) is 188 Å². The van der Waals surface area contributed by atoms with E-state index in [0.717, 1.165) is 17.1 Å². The minimum Gasteiger partial charge on any atom is -0.310 e. The molecule has 2 nitrogen and oxygen atoms in total. The molecule has 0 spiro atoms. The lowest BCUT2D eigenvalue weighted by molar-refractivity contribution is 0.569.